The number of hydrogen-bond acceptors (Lipinski definition) is 6. The topological polar surface area (TPSA) is 112 Å². The van der Waals surface area contributed by atoms with Crippen LogP contribution in [0.1, 0.15) is 13.3 Å². The third-order valence-electron chi connectivity index (χ3n) is 3.22. The minimum absolute atomic E-state index is 0.0561. The molecular formula is C12H16N4O4. The fourth-order valence-corrected chi connectivity index (χ4v) is 2.53. The monoisotopic (exact) mass is 280 g/mol. The molecule has 1 amide bonds. The van der Waals surface area contributed by atoms with Crippen molar-refractivity contribution in [2.45, 2.75) is 19.4 Å². The molecule has 8 heteroatoms. The highest BCUT2D eigenvalue weighted by Gasteiger charge is 2.30. The molecule has 0 aliphatic carbocycles. The number of piperidine rings is 1. The van der Waals surface area contributed by atoms with Gasteiger partial charge in [0, 0.05) is 12.7 Å². The number of carbonyl (C=O) groups is 1. The van der Waals surface area contributed by atoms with E-state index in [1.54, 1.807) is 6.07 Å². The largest absolute Gasteiger partial charge is 0.445 e. The third-order valence-corrected chi connectivity index (χ3v) is 3.22. The summed E-state index contributed by atoms with van der Waals surface area (Å²) < 4.78 is 5.03. The lowest BCUT2D eigenvalue weighted by molar-refractivity contribution is -0.384. The smallest absolute Gasteiger partial charge is 0.404 e. The minimum atomic E-state index is -0.826. The van der Waals surface area contributed by atoms with E-state index in [-0.39, 0.29) is 17.7 Å². The molecule has 1 fully saturated rings. The van der Waals surface area contributed by atoms with Crippen LogP contribution in [0.2, 0.25) is 0 Å². The van der Waals surface area contributed by atoms with Gasteiger partial charge in [-0.15, -0.1) is 0 Å². The Hall–Kier alpha value is -2.38. The summed E-state index contributed by atoms with van der Waals surface area (Å²) in [6, 6.07) is 1.59. The number of anilines is 1. The number of nitro groups is 1. The number of aromatic nitrogens is 1. The van der Waals surface area contributed by atoms with E-state index < -0.39 is 11.0 Å². The predicted octanol–water partition coefficient (Wildman–Crippen LogP) is 1.30. The molecule has 8 nitrogen and oxygen atoms in total. The quantitative estimate of drug-likeness (QED) is 0.659. The lowest BCUT2D eigenvalue weighted by atomic mass is 9.97. The van der Waals surface area contributed by atoms with E-state index in [1.165, 1.54) is 12.4 Å². The minimum Gasteiger partial charge on any atom is -0.445 e. The second-order valence-electron chi connectivity index (χ2n) is 4.93. The van der Waals surface area contributed by atoms with Gasteiger partial charge >= 0.3 is 11.8 Å². The van der Waals surface area contributed by atoms with Crippen molar-refractivity contribution in [2.75, 3.05) is 18.0 Å². The summed E-state index contributed by atoms with van der Waals surface area (Å²) in [5.41, 5.74) is 5.46. The SMILES string of the molecule is C[C@@H]1C[C@H](OC(N)=O)CN(c2ccncc2[N+](=O)[O-])C1. The Morgan fingerprint density at radius 3 is 3.00 bits per heavy atom. The molecule has 0 bridgehead atoms. The highest BCUT2D eigenvalue weighted by atomic mass is 16.6. The molecule has 2 N–H and O–H groups in total. The summed E-state index contributed by atoms with van der Waals surface area (Å²) in [7, 11) is 0. The first-order valence-electron chi connectivity index (χ1n) is 6.26. The molecule has 1 aromatic heterocycles. The van der Waals surface area contributed by atoms with Crippen LogP contribution < -0.4 is 10.6 Å². The number of carbonyl (C=O) groups excluding carboxylic acids is 1. The molecular weight excluding hydrogens is 264 g/mol. The van der Waals surface area contributed by atoms with Gasteiger partial charge in [-0.05, 0) is 18.4 Å². The zero-order valence-corrected chi connectivity index (χ0v) is 11.1. The fourth-order valence-electron chi connectivity index (χ4n) is 2.53. The van der Waals surface area contributed by atoms with Crippen molar-refractivity contribution in [3.05, 3.63) is 28.6 Å². The summed E-state index contributed by atoms with van der Waals surface area (Å²) in [6.45, 7) is 3.04. The van der Waals surface area contributed by atoms with Gasteiger partial charge in [-0.3, -0.25) is 15.1 Å². The van der Waals surface area contributed by atoms with Crippen molar-refractivity contribution in [1.82, 2.24) is 4.98 Å². The molecule has 1 aliphatic heterocycles. The number of rotatable bonds is 3. The molecule has 1 aliphatic rings. The maximum atomic E-state index is 11.0. The van der Waals surface area contributed by atoms with Crippen LogP contribution in [0.3, 0.4) is 0 Å². The molecule has 1 saturated heterocycles. The Kier molecular flexibility index (Phi) is 4.02. The summed E-state index contributed by atoms with van der Waals surface area (Å²) in [5.74, 6) is 0.237. The van der Waals surface area contributed by atoms with Crippen molar-refractivity contribution >= 4 is 17.5 Å². The van der Waals surface area contributed by atoms with E-state index >= 15 is 0 Å². The highest BCUT2D eigenvalue weighted by Crippen LogP contribution is 2.31. The first-order chi connectivity index (χ1) is 9.47. The van der Waals surface area contributed by atoms with E-state index in [0.717, 1.165) is 0 Å². The molecule has 1 aromatic rings. The average Bonchev–Trinajstić information content (AvgIpc) is 2.37. The van der Waals surface area contributed by atoms with E-state index in [0.29, 0.717) is 25.2 Å². The van der Waals surface area contributed by atoms with Gasteiger partial charge in [-0.1, -0.05) is 6.92 Å². The summed E-state index contributed by atoms with van der Waals surface area (Å²) in [4.78, 5) is 27.0. The zero-order chi connectivity index (χ0) is 14.7. The normalized spacial score (nSPS) is 22.4. The van der Waals surface area contributed by atoms with Crippen LogP contribution in [0.5, 0.6) is 0 Å². The number of nitrogens with two attached hydrogens (primary N) is 1. The summed E-state index contributed by atoms with van der Waals surface area (Å²) >= 11 is 0. The van der Waals surface area contributed by atoms with Crippen molar-refractivity contribution in [3.63, 3.8) is 0 Å². The molecule has 108 valence electrons. The highest BCUT2D eigenvalue weighted by molar-refractivity contribution is 5.65. The molecule has 20 heavy (non-hydrogen) atoms. The van der Waals surface area contributed by atoms with Crippen LogP contribution >= 0.6 is 0 Å². The average molecular weight is 280 g/mol. The van der Waals surface area contributed by atoms with E-state index in [4.69, 9.17) is 10.5 Å². The molecule has 0 radical (unpaired) electrons. The van der Waals surface area contributed by atoms with Crippen LogP contribution in [-0.4, -0.2) is 35.2 Å². The van der Waals surface area contributed by atoms with Gasteiger partial charge in [0.2, 0.25) is 0 Å². The van der Waals surface area contributed by atoms with Crippen LogP contribution in [0.4, 0.5) is 16.2 Å². The van der Waals surface area contributed by atoms with Crippen LogP contribution in [0.15, 0.2) is 18.5 Å². The number of ether oxygens (including phenoxy) is 1. The van der Waals surface area contributed by atoms with Gasteiger partial charge in [-0.2, -0.15) is 0 Å². The van der Waals surface area contributed by atoms with Crippen molar-refractivity contribution in [3.8, 4) is 0 Å². The Labute approximate surface area is 115 Å². The number of amides is 1. The van der Waals surface area contributed by atoms with Crippen LogP contribution in [0, 0.1) is 16.0 Å². The lowest BCUT2D eigenvalue weighted by Gasteiger charge is -2.36. The molecule has 2 rings (SSSR count). The van der Waals surface area contributed by atoms with E-state index in [2.05, 4.69) is 4.98 Å². The first kappa shape index (κ1) is 14.0. The van der Waals surface area contributed by atoms with E-state index in [9.17, 15) is 14.9 Å². The van der Waals surface area contributed by atoms with Crippen molar-refractivity contribution < 1.29 is 14.5 Å². The number of pyridine rings is 1. The Bertz CT molecular complexity index is 522. The summed E-state index contributed by atoms with van der Waals surface area (Å²) in [5, 5.41) is 11.0. The van der Waals surface area contributed by atoms with Crippen molar-refractivity contribution in [2.24, 2.45) is 11.7 Å². The van der Waals surface area contributed by atoms with Crippen LogP contribution in [0.25, 0.3) is 0 Å². The molecule has 0 unspecified atom stereocenters. The Morgan fingerprint density at radius 2 is 2.35 bits per heavy atom. The second-order valence-corrected chi connectivity index (χ2v) is 4.93. The van der Waals surface area contributed by atoms with Gasteiger partial charge in [-0.25, -0.2) is 4.79 Å². The van der Waals surface area contributed by atoms with Crippen molar-refractivity contribution in [1.29, 1.82) is 0 Å². The maximum Gasteiger partial charge on any atom is 0.404 e. The molecule has 0 spiro atoms. The zero-order valence-electron chi connectivity index (χ0n) is 11.1. The van der Waals surface area contributed by atoms with Gasteiger partial charge < -0.3 is 15.4 Å². The van der Waals surface area contributed by atoms with Gasteiger partial charge in [0.05, 0.1) is 11.5 Å². The maximum absolute atomic E-state index is 11.0. The second kappa shape index (κ2) is 5.72. The predicted molar refractivity (Wildman–Crippen MR) is 71.3 cm³/mol. The number of nitrogens with zero attached hydrogens (tertiary/aromatic N) is 3. The summed E-state index contributed by atoms with van der Waals surface area (Å²) in [6.07, 6.45) is 2.24. The molecule has 2 atom stereocenters. The number of primary amides is 1. The van der Waals surface area contributed by atoms with Gasteiger partial charge in [0.15, 0.2) is 0 Å². The Balaban J connectivity index is 2.23. The lowest BCUT2D eigenvalue weighted by Crippen LogP contribution is -2.45. The van der Waals surface area contributed by atoms with Crippen LogP contribution in [-0.2, 0) is 4.74 Å². The third kappa shape index (κ3) is 3.14. The first-order valence-corrected chi connectivity index (χ1v) is 6.26. The van der Waals surface area contributed by atoms with E-state index in [1.807, 2.05) is 11.8 Å². The molecule has 2 heterocycles. The Morgan fingerprint density at radius 1 is 1.60 bits per heavy atom. The van der Waals surface area contributed by atoms with Gasteiger partial charge in [0.25, 0.3) is 0 Å². The molecule has 0 saturated carbocycles. The van der Waals surface area contributed by atoms with Gasteiger partial charge in [0.1, 0.15) is 18.0 Å². The number of hydrogen-bond donors (Lipinski definition) is 1. The fraction of sp³-hybridized carbons (Fsp3) is 0.500. The standard InChI is InChI=1S/C12H16N4O4/c1-8-4-9(20-12(13)17)7-15(6-8)10-2-3-14-5-11(10)16(18)19/h2-3,5,8-9H,4,6-7H2,1H3,(H2,13,17)/t8-,9+/m1/s1. The molecule has 0 aromatic carbocycles.